The zero-order chi connectivity index (χ0) is 19.6. The van der Waals surface area contributed by atoms with Gasteiger partial charge >= 0.3 is 0 Å². The van der Waals surface area contributed by atoms with Crippen molar-refractivity contribution in [1.29, 1.82) is 0 Å². The van der Waals surface area contributed by atoms with Gasteiger partial charge in [0.25, 0.3) is 0 Å². The van der Waals surface area contributed by atoms with Gasteiger partial charge in [0.2, 0.25) is 15.9 Å². The number of nitrogens with zero attached hydrogens (tertiary/aromatic N) is 1. The molecule has 0 fully saturated rings. The summed E-state index contributed by atoms with van der Waals surface area (Å²) in [5.41, 5.74) is 4.05. The summed E-state index contributed by atoms with van der Waals surface area (Å²) in [6.07, 6.45) is 1.50. The standard InChI is InChI=1S/C21H24N2O4S/c24-21(15-20-18-7-3-1-5-16(18)10-13-27-20)22-11-14-28(25,26)23-12-9-17-6-2-4-8-19(17)23/h1-8,20H,9-15H2,(H,22,24). The molecule has 2 aromatic carbocycles. The van der Waals surface area contributed by atoms with Gasteiger partial charge in [-0.05, 0) is 35.6 Å². The Balaban J connectivity index is 1.31. The van der Waals surface area contributed by atoms with Gasteiger partial charge in [-0.1, -0.05) is 42.5 Å². The summed E-state index contributed by atoms with van der Waals surface area (Å²) in [4.78, 5) is 12.3. The average Bonchev–Trinajstić information content (AvgIpc) is 3.13. The Morgan fingerprint density at radius 1 is 1.07 bits per heavy atom. The second-order valence-electron chi connectivity index (χ2n) is 7.13. The fourth-order valence-corrected chi connectivity index (χ4v) is 5.34. The number of para-hydroxylation sites is 1. The van der Waals surface area contributed by atoms with E-state index in [9.17, 15) is 13.2 Å². The summed E-state index contributed by atoms with van der Waals surface area (Å²) >= 11 is 0. The first-order valence-corrected chi connectivity index (χ1v) is 11.2. The topological polar surface area (TPSA) is 75.7 Å². The molecule has 6 nitrogen and oxygen atoms in total. The molecule has 0 aromatic heterocycles. The molecule has 1 N–H and O–H groups in total. The maximum Gasteiger partial charge on any atom is 0.236 e. The van der Waals surface area contributed by atoms with Crippen molar-refractivity contribution in [2.24, 2.45) is 0 Å². The van der Waals surface area contributed by atoms with Crippen LogP contribution in [0, 0.1) is 0 Å². The van der Waals surface area contributed by atoms with Crippen LogP contribution in [0.5, 0.6) is 0 Å². The second-order valence-corrected chi connectivity index (χ2v) is 9.14. The SMILES string of the molecule is O=C(CC1OCCc2ccccc21)NCCS(=O)(=O)N1CCc2ccccc21. The number of anilines is 1. The summed E-state index contributed by atoms with van der Waals surface area (Å²) in [5.74, 6) is -0.312. The summed E-state index contributed by atoms with van der Waals surface area (Å²) in [6.45, 7) is 1.15. The number of fused-ring (bicyclic) bond motifs is 2. The van der Waals surface area contributed by atoms with Crippen LogP contribution in [-0.2, 0) is 32.4 Å². The molecular formula is C21H24N2O4S. The smallest absolute Gasteiger partial charge is 0.236 e. The van der Waals surface area contributed by atoms with Crippen molar-refractivity contribution in [1.82, 2.24) is 5.32 Å². The van der Waals surface area contributed by atoms with Crippen molar-refractivity contribution in [3.05, 3.63) is 65.2 Å². The van der Waals surface area contributed by atoms with Gasteiger partial charge in [0.15, 0.2) is 0 Å². The Kier molecular flexibility index (Phi) is 5.37. The van der Waals surface area contributed by atoms with Crippen LogP contribution in [0.3, 0.4) is 0 Å². The maximum absolute atomic E-state index is 12.7. The minimum Gasteiger partial charge on any atom is -0.373 e. The Labute approximate surface area is 165 Å². The average molecular weight is 401 g/mol. The number of amides is 1. The highest BCUT2D eigenvalue weighted by molar-refractivity contribution is 7.92. The highest BCUT2D eigenvalue weighted by Crippen LogP contribution is 2.30. The number of carbonyl (C=O) groups is 1. The monoisotopic (exact) mass is 400 g/mol. The maximum atomic E-state index is 12.7. The van der Waals surface area contributed by atoms with Gasteiger partial charge in [-0.2, -0.15) is 0 Å². The summed E-state index contributed by atoms with van der Waals surface area (Å²) in [5, 5.41) is 2.74. The summed E-state index contributed by atoms with van der Waals surface area (Å²) < 4.78 is 32.6. The fraction of sp³-hybridized carbons (Fsp3) is 0.381. The summed E-state index contributed by atoms with van der Waals surface area (Å²) in [7, 11) is -3.46. The molecule has 2 aliphatic heterocycles. The molecule has 0 saturated heterocycles. The molecule has 148 valence electrons. The van der Waals surface area contributed by atoms with Crippen LogP contribution in [0.1, 0.15) is 29.2 Å². The van der Waals surface area contributed by atoms with E-state index in [2.05, 4.69) is 11.4 Å². The Bertz CT molecular complexity index is 974. The van der Waals surface area contributed by atoms with Gasteiger partial charge in [-0.15, -0.1) is 0 Å². The first kappa shape index (κ1) is 19.0. The molecule has 7 heteroatoms. The molecule has 2 aliphatic rings. The molecule has 0 radical (unpaired) electrons. The molecule has 1 amide bonds. The van der Waals surface area contributed by atoms with Crippen molar-refractivity contribution in [2.75, 3.05) is 29.8 Å². The molecule has 1 atom stereocenters. The highest BCUT2D eigenvalue weighted by atomic mass is 32.2. The number of carbonyl (C=O) groups excluding carboxylic acids is 1. The lowest BCUT2D eigenvalue weighted by Crippen LogP contribution is -2.37. The van der Waals surface area contributed by atoms with Crippen molar-refractivity contribution in [2.45, 2.75) is 25.4 Å². The van der Waals surface area contributed by atoms with Crippen LogP contribution in [0.4, 0.5) is 5.69 Å². The lowest BCUT2D eigenvalue weighted by molar-refractivity contribution is -0.124. The molecule has 2 aromatic rings. The number of hydrogen-bond acceptors (Lipinski definition) is 4. The van der Waals surface area contributed by atoms with Gasteiger partial charge < -0.3 is 10.1 Å². The zero-order valence-corrected chi connectivity index (χ0v) is 16.5. The third-order valence-electron chi connectivity index (χ3n) is 5.33. The van der Waals surface area contributed by atoms with Gasteiger partial charge in [0, 0.05) is 13.1 Å². The van der Waals surface area contributed by atoms with Crippen molar-refractivity contribution in [3.8, 4) is 0 Å². The van der Waals surface area contributed by atoms with E-state index in [0.717, 1.165) is 29.7 Å². The van der Waals surface area contributed by atoms with Crippen LogP contribution in [0.2, 0.25) is 0 Å². The lowest BCUT2D eigenvalue weighted by atomic mass is 9.96. The van der Waals surface area contributed by atoms with Crippen molar-refractivity contribution >= 4 is 21.6 Å². The number of nitrogens with one attached hydrogen (secondary N) is 1. The van der Waals surface area contributed by atoms with E-state index in [1.807, 2.05) is 42.5 Å². The minimum atomic E-state index is -3.46. The van der Waals surface area contributed by atoms with Crippen molar-refractivity contribution in [3.63, 3.8) is 0 Å². The summed E-state index contributed by atoms with van der Waals surface area (Å²) in [6, 6.07) is 15.5. The van der Waals surface area contributed by atoms with Crippen molar-refractivity contribution < 1.29 is 17.9 Å². The number of ether oxygens (including phenoxy) is 1. The predicted octanol–water partition coefficient (Wildman–Crippen LogP) is 2.20. The van der Waals surface area contributed by atoms with E-state index >= 15 is 0 Å². The number of sulfonamides is 1. The normalized spacial score (nSPS) is 18.4. The quantitative estimate of drug-likeness (QED) is 0.807. The largest absolute Gasteiger partial charge is 0.373 e. The Morgan fingerprint density at radius 3 is 2.68 bits per heavy atom. The van der Waals surface area contributed by atoms with E-state index < -0.39 is 10.0 Å². The van der Waals surface area contributed by atoms with Crippen LogP contribution in [-0.4, -0.2) is 39.8 Å². The molecule has 28 heavy (non-hydrogen) atoms. The highest BCUT2D eigenvalue weighted by Gasteiger charge is 2.29. The minimum absolute atomic E-state index is 0.0915. The van der Waals surface area contributed by atoms with Crippen LogP contribution in [0.15, 0.2) is 48.5 Å². The van der Waals surface area contributed by atoms with E-state index in [0.29, 0.717) is 13.2 Å². The Morgan fingerprint density at radius 2 is 1.82 bits per heavy atom. The van der Waals surface area contributed by atoms with E-state index in [1.54, 1.807) is 0 Å². The van der Waals surface area contributed by atoms with E-state index in [-0.39, 0.29) is 30.7 Å². The molecule has 0 saturated carbocycles. The third-order valence-corrected chi connectivity index (χ3v) is 7.10. The van der Waals surface area contributed by atoms with Gasteiger partial charge in [0.05, 0.1) is 30.6 Å². The van der Waals surface area contributed by atoms with Gasteiger partial charge in [-0.25, -0.2) is 8.42 Å². The number of rotatable bonds is 6. The van der Waals surface area contributed by atoms with Crippen LogP contribution < -0.4 is 9.62 Å². The first-order chi connectivity index (χ1) is 13.5. The number of benzene rings is 2. The van der Waals surface area contributed by atoms with E-state index in [4.69, 9.17) is 4.74 Å². The van der Waals surface area contributed by atoms with E-state index in [1.165, 1.54) is 9.87 Å². The fourth-order valence-electron chi connectivity index (χ4n) is 3.91. The third kappa shape index (κ3) is 3.91. The molecule has 0 bridgehead atoms. The molecular weight excluding hydrogens is 376 g/mol. The number of hydrogen-bond donors (Lipinski definition) is 1. The van der Waals surface area contributed by atoms with Gasteiger partial charge in [-0.3, -0.25) is 9.10 Å². The second kappa shape index (κ2) is 7.93. The first-order valence-electron chi connectivity index (χ1n) is 9.59. The van der Waals surface area contributed by atoms with Crippen LogP contribution >= 0.6 is 0 Å². The zero-order valence-electron chi connectivity index (χ0n) is 15.6. The molecule has 0 spiro atoms. The Hall–Kier alpha value is -2.38. The molecule has 1 unspecified atom stereocenters. The predicted molar refractivity (Wildman–Crippen MR) is 108 cm³/mol. The van der Waals surface area contributed by atoms with Gasteiger partial charge in [0.1, 0.15) is 0 Å². The molecule has 2 heterocycles. The lowest BCUT2D eigenvalue weighted by Gasteiger charge is -2.25. The molecule has 4 rings (SSSR count). The molecule has 0 aliphatic carbocycles. The van der Waals surface area contributed by atoms with Crippen LogP contribution in [0.25, 0.3) is 0 Å².